The van der Waals surface area contributed by atoms with Crippen LogP contribution in [0.5, 0.6) is 5.75 Å². The Balaban J connectivity index is 1.58. The summed E-state index contributed by atoms with van der Waals surface area (Å²) in [4.78, 5) is 7.13. The van der Waals surface area contributed by atoms with Crippen molar-refractivity contribution in [3.63, 3.8) is 0 Å². The van der Waals surface area contributed by atoms with Crippen molar-refractivity contribution < 1.29 is 4.74 Å². The number of para-hydroxylation sites is 1. The van der Waals surface area contributed by atoms with Gasteiger partial charge in [-0.2, -0.15) is 0 Å². The van der Waals surface area contributed by atoms with Crippen LogP contribution in [0.15, 0.2) is 30.7 Å². The number of imidazole rings is 1. The number of rotatable bonds is 5. The number of H-pyrrole nitrogens is 1. The summed E-state index contributed by atoms with van der Waals surface area (Å²) in [5, 5.41) is 3.47. The van der Waals surface area contributed by atoms with E-state index in [4.69, 9.17) is 4.74 Å². The van der Waals surface area contributed by atoms with Crippen molar-refractivity contribution in [2.24, 2.45) is 0 Å². The molecule has 4 nitrogen and oxygen atoms in total. The second-order valence-corrected chi connectivity index (χ2v) is 5.95. The molecule has 4 heteroatoms. The molecule has 2 aromatic rings. The van der Waals surface area contributed by atoms with Crippen molar-refractivity contribution >= 4 is 0 Å². The van der Waals surface area contributed by atoms with Gasteiger partial charge in [0, 0.05) is 43.4 Å². The van der Waals surface area contributed by atoms with Crippen molar-refractivity contribution in [2.45, 2.75) is 38.8 Å². The highest BCUT2D eigenvalue weighted by atomic mass is 16.5. The minimum Gasteiger partial charge on any atom is -0.487 e. The Morgan fingerprint density at radius 1 is 1.40 bits per heavy atom. The van der Waals surface area contributed by atoms with E-state index >= 15 is 0 Å². The molecule has 2 heterocycles. The van der Waals surface area contributed by atoms with Crippen LogP contribution in [0.4, 0.5) is 0 Å². The quantitative estimate of drug-likeness (QED) is 0.821. The van der Waals surface area contributed by atoms with Crippen molar-refractivity contribution in [1.29, 1.82) is 0 Å². The Kier molecular flexibility index (Phi) is 3.49. The minimum absolute atomic E-state index is 0.0750. The lowest BCUT2D eigenvalue weighted by Gasteiger charge is -2.18. The summed E-state index contributed by atoms with van der Waals surface area (Å²) < 4.78 is 6.07. The van der Waals surface area contributed by atoms with Gasteiger partial charge in [0.15, 0.2) is 0 Å². The van der Waals surface area contributed by atoms with Crippen LogP contribution >= 0.6 is 0 Å². The predicted octanol–water partition coefficient (Wildman–Crippen LogP) is 2.46. The second kappa shape index (κ2) is 5.29. The summed E-state index contributed by atoms with van der Waals surface area (Å²) >= 11 is 0. The van der Waals surface area contributed by atoms with Gasteiger partial charge in [-0.05, 0) is 19.4 Å². The van der Waals surface area contributed by atoms with Crippen molar-refractivity contribution in [3.05, 3.63) is 47.5 Å². The van der Waals surface area contributed by atoms with Gasteiger partial charge in [-0.15, -0.1) is 0 Å². The normalized spacial score (nSPS) is 15.9. The molecule has 1 aromatic heterocycles. The first-order valence-electron chi connectivity index (χ1n) is 7.12. The molecular weight excluding hydrogens is 250 g/mol. The Morgan fingerprint density at radius 2 is 2.30 bits per heavy atom. The maximum Gasteiger partial charge on any atom is 0.127 e. The molecule has 0 unspecified atom stereocenters. The SMILES string of the molecule is CC1(C)Cc2cccc(CNCCc3cnc[nH]3)c2O1. The molecule has 0 amide bonds. The Labute approximate surface area is 119 Å². The number of fused-ring (bicyclic) bond motifs is 1. The van der Waals surface area contributed by atoms with Crippen molar-refractivity contribution in [1.82, 2.24) is 15.3 Å². The first-order chi connectivity index (χ1) is 9.64. The molecule has 20 heavy (non-hydrogen) atoms. The van der Waals surface area contributed by atoms with Crippen molar-refractivity contribution in [3.8, 4) is 5.75 Å². The summed E-state index contributed by atoms with van der Waals surface area (Å²) in [6, 6.07) is 6.43. The molecule has 0 saturated carbocycles. The molecule has 0 aliphatic carbocycles. The van der Waals surface area contributed by atoms with Gasteiger partial charge in [0.1, 0.15) is 11.4 Å². The third kappa shape index (κ3) is 2.85. The van der Waals surface area contributed by atoms with Crippen LogP contribution in [0.25, 0.3) is 0 Å². The van der Waals surface area contributed by atoms with E-state index < -0.39 is 0 Å². The van der Waals surface area contributed by atoms with E-state index in [1.165, 1.54) is 11.1 Å². The lowest BCUT2D eigenvalue weighted by atomic mass is 10.0. The molecule has 0 bridgehead atoms. The number of ether oxygens (including phenoxy) is 1. The van der Waals surface area contributed by atoms with Gasteiger partial charge in [-0.25, -0.2) is 4.98 Å². The fraction of sp³-hybridized carbons (Fsp3) is 0.438. The molecule has 2 N–H and O–H groups in total. The van der Waals surface area contributed by atoms with Gasteiger partial charge in [0.25, 0.3) is 0 Å². The lowest BCUT2D eigenvalue weighted by molar-refractivity contribution is 0.137. The molecule has 0 spiro atoms. The molecule has 106 valence electrons. The highest BCUT2D eigenvalue weighted by Crippen LogP contribution is 2.37. The summed E-state index contributed by atoms with van der Waals surface area (Å²) in [7, 11) is 0. The monoisotopic (exact) mass is 271 g/mol. The van der Waals surface area contributed by atoms with Gasteiger partial charge in [-0.3, -0.25) is 0 Å². The van der Waals surface area contributed by atoms with Crippen LogP contribution in [0.2, 0.25) is 0 Å². The largest absolute Gasteiger partial charge is 0.487 e. The lowest BCUT2D eigenvalue weighted by Crippen LogP contribution is -2.25. The zero-order chi connectivity index (χ0) is 14.0. The number of nitrogens with zero attached hydrogens (tertiary/aromatic N) is 1. The highest BCUT2D eigenvalue weighted by Gasteiger charge is 2.31. The number of aromatic nitrogens is 2. The maximum absolute atomic E-state index is 6.07. The van der Waals surface area contributed by atoms with Crippen LogP contribution in [0.3, 0.4) is 0 Å². The van der Waals surface area contributed by atoms with E-state index in [0.29, 0.717) is 0 Å². The van der Waals surface area contributed by atoms with Crippen LogP contribution in [-0.2, 0) is 19.4 Å². The Hall–Kier alpha value is -1.81. The van der Waals surface area contributed by atoms with Crippen molar-refractivity contribution in [2.75, 3.05) is 6.54 Å². The van der Waals surface area contributed by atoms with Crippen LogP contribution in [0, 0.1) is 0 Å². The fourth-order valence-electron chi connectivity index (χ4n) is 2.69. The molecule has 1 aromatic carbocycles. The Morgan fingerprint density at radius 3 is 3.10 bits per heavy atom. The molecule has 0 saturated heterocycles. The average molecular weight is 271 g/mol. The summed E-state index contributed by atoms with van der Waals surface area (Å²) in [6.07, 6.45) is 5.54. The fourth-order valence-corrected chi connectivity index (χ4v) is 2.69. The van der Waals surface area contributed by atoms with Crippen LogP contribution in [0.1, 0.15) is 30.7 Å². The van der Waals surface area contributed by atoms with E-state index in [2.05, 4.69) is 47.3 Å². The van der Waals surface area contributed by atoms with E-state index in [9.17, 15) is 0 Å². The number of hydrogen-bond donors (Lipinski definition) is 2. The zero-order valence-electron chi connectivity index (χ0n) is 12.1. The van der Waals surface area contributed by atoms with E-state index in [1.54, 1.807) is 6.33 Å². The molecular formula is C16H21N3O. The summed E-state index contributed by atoms with van der Waals surface area (Å²) in [5.41, 5.74) is 3.66. The first kappa shape index (κ1) is 13.2. The van der Waals surface area contributed by atoms with Gasteiger partial charge >= 0.3 is 0 Å². The third-order valence-electron chi connectivity index (χ3n) is 3.61. The van der Waals surface area contributed by atoms with Gasteiger partial charge < -0.3 is 15.0 Å². The van der Waals surface area contributed by atoms with Gasteiger partial charge in [0.05, 0.1) is 6.33 Å². The zero-order valence-corrected chi connectivity index (χ0v) is 12.1. The minimum atomic E-state index is -0.0750. The van der Waals surface area contributed by atoms with Gasteiger partial charge in [-0.1, -0.05) is 18.2 Å². The molecule has 0 fully saturated rings. The predicted molar refractivity (Wildman–Crippen MR) is 78.9 cm³/mol. The Bertz CT molecular complexity index is 575. The number of nitrogens with one attached hydrogen (secondary N) is 2. The molecule has 0 atom stereocenters. The smallest absolute Gasteiger partial charge is 0.127 e. The average Bonchev–Trinajstić information content (AvgIpc) is 3.00. The highest BCUT2D eigenvalue weighted by molar-refractivity contribution is 5.45. The van der Waals surface area contributed by atoms with E-state index in [-0.39, 0.29) is 5.60 Å². The molecule has 1 aliphatic rings. The molecule has 3 rings (SSSR count). The number of aromatic amines is 1. The van der Waals surface area contributed by atoms with Crippen LogP contribution < -0.4 is 10.1 Å². The molecule has 0 radical (unpaired) electrons. The molecule has 1 aliphatic heterocycles. The second-order valence-electron chi connectivity index (χ2n) is 5.95. The standard InChI is InChI=1S/C16H21N3O/c1-16(2)8-12-4-3-5-13(15(12)20-16)9-17-7-6-14-10-18-11-19-14/h3-5,10-11,17H,6-9H2,1-2H3,(H,18,19). The van der Waals surface area contributed by atoms with Gasteiger partial charge in [0.2, 0.25) is 0 Å². The first-order valence-corrected chi connectivity index (χ1v) is 7.12. The maximum atomic E-state index is 6.07. The summed E-state index contributed by atoms with van der Waals surface area (Å²) in [6.45, 7) is 6.05. The van der Waals surface area contributed by atoms with E-state index in [1.807, 2.05) is 6.20 Å². The third-order valence-corrected chi connectivity index (χ3v) is 3.61. The number of benzene rings is 1. The van der Waals surface area contributed by atoms with E-state index in [0.717, 1.165) is 37.4 Å². The topological polar surface area (TPSA) is 49.9 Å². The summed E-state index contributed by atoms with van der Waals surface area (Å²) in [5.74, 6) is 1.08. The van der Waals surface area contributed by atoms with Crippen LogP contribution in [-0.4, -0.2) is 22.1 Å². The number of hydrogen-bond acceptors (Lipinski definition) is 3.